The first-order valence-corrected chi connectivity index (χ1v) is 7.04. The summed E-state index contributed by atoms with van der Waals surface area (Å²) in [6.45, 7) is 2.12. The van der Waals surface area contributed by atoms with Crippen molar-refractivity contribution in [3.63, 3.8) is 0 Å². The fourth-order valence-electron chi connectivity index (χ4n) is 2.35. The average Bonchev–Trinajstić information content (AvgIpc) is 2.44. The van der Waals surface area contributed by atoms with E-state index in [1.54, 1.807) is 12.1 Å². The van der Waals surface area contributed by atoms with E-state index in [1.807, 2.05) is 18.2 Å². The van der Waals surface area contributed by atoms with Crippen molar-refractivity contribution in [2.75, 3.05) is 0 Å². The van der Waals surface area contributed by atoms with Gasteiger partial charge in [0.2, 0.25) is 0 Å². The molecule has 2 rings (SSSR count). The number of benzene rings is 2. The van der Waals surface area contributed by atoms with Gasteiger partial charge in [-0.05, 0) is 29.7 Å². The van der Waals surface area contributed by atoms with Crippen molar-refractivity contribution in [2.45, 2.75) is 25.8 Å². The van der Waals surface area contributed by atoms with Crippen LogP contribution < -0.4 is 11.3 Å². The second kappa shape index (κ2) is 6.84. The minimum absolute atomic E-state index is 0.360. The molecule has 2 nitrogen and oxygen atoms in total. The number of hydrazine groups is 1. The fourth-order valence-corrected chi connectivity index (χ4v) is 2.62. The van der Waals surface area contributed by atoms with Crippen molar-refractivity contribution in [2.24, 2.45) is 5.84 Å². The Morgan fingerprint density at radius 3 is 2.65 bits per heavy atom. The van der Waals surface area contributed by atoms with Crippen molar-refractivity contribution < 1.29 is 4.39 Å². The summed E-state index contributed by atoms with van der Waals surface area (Å²) in [7, 11) is 0. The summed E-state index contributed by atoms with van der Waals surface area (Å²) in [4.78, 5) is 0. The molecule has 0 aromatic heterocycles. The number of hydrogen-bond acceptors (Lipinski definition) is 2. The molecule has 0 aliphatic rings. The number of nitrogens with two attached hydrogens (primary N) is 1. The van der Waals surface area contributed by atoms with Crippen LogP contribution in [0.5, 0.6) is 0 Å². The third kappa shape index (κ3) is 3.18. The van der Waals surface area contributed by atoms with E-state index in [1.165, 1.54) is 11.6 Å². The zero-order valence-electron chi connectivity index (χ0n) is 11.4. The van der Waals surface area contributed by atoms with Crippen molar-refractivity contribution >= 4 is 11.6 Å². The predicted molar refractivity (Wildman–Crippen MR) is 81.0 cm³/mol. The van der Waals surface area contributed by atoms with E-state index in [0.29, 0.717) is 10.6 Å². The van der Waals surface area contributed by atoms with Gasteiger partial charge in [0.25, 0.3) is 0 Å². The first-order chi connectivity index (χ1) is 9.67. The number of rotatable bonds is 5. The van der Waals surface area contributed by atoms with E-state index in [0.717, 1.165) is 18.4 Å². The molecule has 0 radical (unpaired) electrons. The molecule has 20 heavy (non-hydrogen) atoms. The highest BCUT2D eigenvalue weighted by Gasteiger charge is 2.19. The van der Waals surface area contributed by atoms with Gasteiger partial charge in [-0.2, -0.15) is 0 Å². The molecule has 0 saturated carbocycles. The Labute approximate surface area is 123 Å². The molecule has 2 aromatic rings. The van der Waals surface area contributed by atoms with Crippen molar-refractivity contribution in [3.8, 4) is 0 Å². The summed E-state index contributed by atoms with van der Waals surface area (Å²) in [5.74, 6) is 5.26. The number of nitrogens with one attached hydrogen (secondary N) is 1. The lowest BCUT2D eigenvalue weighted by atomic mass is 9.96. The van der Waals surface area contributed by atoms with Crippen LogP contribution >= 0.6 is 11.6 Å². The standard InChI is InChI=1S/C16H18ClFN2/c1-2-5-11-6-3-7-12(10-11)16(20-19)15-13(17)8-4-9-14(15)18/h3-4,6-10,16,20H,2,5,19H2,1H3. The van der Waals surface area contributed by atoms with Crippen LogP contribution in [-0.2, 0) is 6.42 Å². The predicted octanol–water partition coefficient (Wildman–Crippen LogP) is 3.98. The van der Waals surface area contributed by atoms with E-state index < -0.39 is 6.04 Å². The zero-order chi connectivity index (χ0) is 14.5. The third-order valence-electron chi connectivity index (χ3n) is 3.28. The monoisotopic (exact) mass is 292 g/mol. The summed E-state index contributed by atoms with van der Waals surface area (Å²) in [6.07, 6.45) is 2.04. The molecular weight excluding hydrogens is 275 g/mol. The van der Waals surface area contributed by atoms with Crippen molar-refractivity contribution in [1.29, 1.82) is 0 Å². The van der Waals surface area contributed by atoms with Crippen LogP contribution in [0.3, 0.4) is 0 Å². The molecular formula is C16H18ClFN2. The van der Waals surface area contributed by atoms with Gasteiger partial charge < -0.3 is 0 Å². The normalized spacial score (nSPS) is 12.4. The van der Waals surface area contributed by atoms with E-state index in [9.17, 15) is 4.39 Å². The van der Waals surface area contributed by atoms with E-state index in [-0.39, 0.29) is 5.82 Å². The maximum atomic E-state index is 14.0. The molecule has 3 N–H and O–H groups in total. The third-order valence-corrected chi connectivity index (χ3v) is 3.61. The van der Waals surface area contributed by atoms with Crippen LogP contribution in [0.1, 0.15) is 36.1 Å². The molecule has 1 atom stereocenters. The van der Waals surface area contributed by atoms with Crippen LogP contribution in [0.25, 0.3) is 0 Å². The largest absolute Gasteiger partial charge is 0.271 e. The van der Waals surface area contributed by atoms with Crippen LogP contribution in [0.15, 0.2) is 42.5 Å². The van der Waals surface area contributed by atoms with E-state index in [4.69, 9.17) is 17.4 Å². The Bertz CT molecular complexity index is 566. The molecule has 0 bridgehead atoms. The highest BCUT2D eigenvalue weighted by molar-refractivity contribution is 6.31. The quantitative estimate of drug-likeness (QED) is 0.646. The van der Waals surface area contributed by atoms with E-state index >= 15 is 0 Å². The highest BCUT2D eigenvalue weighted by atomic mass is 35.5. The Morgan fingerprint density at radius 1 is 1.25 bits per heavy atom. The molecule has 2 aromatic carbocycles. The minimum atomic E-state index is -0.458. The minimum Gasteiger partial charge on any atom is -0.271 e. The first-order valence-electron chi connectivity index (χ1n) is 6.66. The van der Waals surface area contributed by atoms with Gasteiger partial charge >= 0.3 is 0 Å². The van der Waals surface area contributed by atoms with Crippen LogP contribution in [0.2, 0.25) is 5.02 Å². The van der Waals surface area contributed by atoms with E-state index in [2.05, 4.69) is 18.4 Å². The highest BCUT2D eigenvalue weighted by Crippen LogP contribution is 2.30. The molecule has 0 spiro atoms. The van der Waals surface area contributed by atoms with Gasteiger partial charge in [0.05, 0.1) is 6.04 Å². The van der Waals surface area contributed by atoms with Gasteiger partial charge in [0, 0.05) is 10.6 Å². The van der Waals surface area contributed by atoms with Gasteiger partial charge in [0.1, 0.15) is 5.82 Å². The topological polar surface area (TPSA) is 38.0 Å². The van der Waals surface area contributed by atoms with Crippen LogP contribution in [-0.4, -0.2) is 0 Å². The molecule has 0 fully saturated rings. The summed E-state index contributed by atoms with van der Waals surface area (Å²) >= 11 is 6.12. The molecule has 0 aliphatic heterocycles. The second-order valence-corrected chi connectivity index (χ2v) is 5.14. The average molecular weight is 293 g/mol. The molecule has 106 valence electrons. The van der Waals surface area contributed by atoms with Crippen LogP contribution in [0.4, 0.5) is 4.39 Å². The lowest BCUT2D eigenvalue weighted by molar-refractivity contribution is 0.560. The van der Waals surface area contributed by atoms with Gasteiger partial charge in [-0.1, -0.05) is 55.3 Å². The summed E-state index contributed by atoms with van der Waals surface area (Å²) in [5.41, 5.74) is 5.16. The van der Waals surface area contributed by atoms with Gasteiger partial charge in [0.15, 0.2) is 0 Å². The SMILES string of the molecule is CCCc1cccc(C(NN)c2c(F)cccc2Cl)c1. The van der Waals surface area contributed by atoms with Crippen LogP contribution in [0, 0.1) is 5.82 Å². The van der Waals surface area contributed by atoms with Crippen molar-refractivity contribution in [1.82, 2.24) is 5.43 Å². The molecule has 0 aliphatic carbocycles. The second-order valence-electron chi connectivity index (χ2n) is 4.73. The molecule has 4 heteroatoms. The Balaban J connectivity index is 2.44. The lowest BCUT2D eigenvalue weighted by Gasteiger charge is -2.19. The molecule has 0 heterocycles. The zero-order valence-corrected chi connectivity index (χ0v) is 12.1. The number of hydrogen-bond donors (Lipinski definition) is 2. The Morgan fingerprint density at radius 2 is 2.00 bits per heavy atom. The summed E-state index contributed by atoms with van der Waals surface area (Å²) < 4.78 is 14.0. The molecule has 0 amide bonds. The lowest BCUT2D eigenvalue weighted by Crippen LogP contribution is -2.29. The summed E-state index contributed by atoms with van der Waals surface area (Å²) in [5, 5.41) is 0.369. The molecule has 1 unspecified atom stereocenters. The maximum absolute atomic E-state index is 14.0. The number of aryl methyl sites for hydroxylation is 1. The van der Waals surface area contributed by atoms with Gasteiger partial charge in [-0.25, -0.2) is 9.82 Å². The first kappa shape index (κ1) is 15.0. The fraction of sp³-hybridized carbons (Fsp3) is 0.250. The molecule has 0 saturated heterocycles. The van der Waals surface area contributed by atoms with Gasteiger partial charge in [-0.15, -0.1) is 0 Å². The Kier molecular flexibility index (Phi) is 5.12. The maximum Gasteiger partial charge on any atom is 0.129 e. The smallest absolute Gasteiger partial charge is 0.129 e. The van der Waals surface area contributed by atoms with Gasteiger partial charge in [-0.3, -0.25) is 5.84 Å². The Hall–Kier alpha value is -1.42. The van der Waals surface area contributed by atoms with Crippen molar-refractivity contribution in [3.05, 3.63) is 70.0 Å². The summed E-state index contributed by atoms with van der Waals surface area (Å²) in [6, 6.07) is 12.2. The number of halogens is 2.